The summed E-state index contributed by atoms with van der Waals surface area (Å²) in [5.41, 5.74) is 0. The van der Waals surface area contributed by atoms with Gasteiger partial charge in [-0.05, 0) is 43.7 Å². The van der Waals surface area contributed by atoms with Crippen LogP contribution >= 0.6 is 36.6 Å². The number of thiol groups is 1. The molecule has 0 aromatic rings. The monoisotopic (exact) mass is 325 g/mol. The van der Waals surface area contributed by atoms with Crippen molar-refractivity contribution in [2.24, 2.45) is 5.92 Å². The molecule has 0 fully saturated rings. The van der Waals surface area contributed by atoms with Crippen LogP contribution in [-0.2, 0) is 9.47 Å². The summed E-state index contributed by atoms with van der Waals surface area (Å²) in [6.45, 7) is 7.47. The van der Waals surface area contributed by atoms with E-state index in [1.807, 2.05) is 11.8 Å². The highest BCUT2D eigenvalue weighted by atomic mass is 32.2. The van der Waals surface area contributed by atoms with E-state index >= 15 is 0 Å². The zero-order valence-corrected chi connectivity index (χ0v) is 14.7. The first kappa shape index (κ1) is 19.5. The molecule has 0 aliphatic heterocycles. The van der Waals surface area contributed by atoms with Gasteiger partial charge in [0.1, 0.15) is 6.61 Å². The van der Waals surface area contributed by atoms with E-state index in [1.54, 1.807) is 0 Å². The van der Waals surface area contributed by atoms with Crippen molar-refractivity contribution in [3.05, 3.63) is 0 Å². The lowest BCUT2D eigenvalue weighted by atomic mass is 10.2. The van der Waals surface area contributed by atoms with E-state index in [-0.39, 0.29) is 0 Å². The fraction of sp³-hybridized carbons (Fsp3) is 0.923. The summed E-state index contributed by atoms with van der Waals surface area (Å²) >= 11 is 10.5. The van der Waals surface area contributed by atoms with Gasteiger partial charge in [-0.2, -0.15) is 0 Å². The summed E-state index contributed by atoms with van der Waals surface area (Å²) in [5, 5.41) is 3.91. The van der Waals surface area contributed by atoms with Crippen LogP contribution in [0.2, 0.25) is 0 Å². The molecule has 1 N–H and O–H groups in total. The van der Waals surface area contributed by atoms with Crippen molar-refractivity contribution in [3.63, 3.8) is 0 Å². The Hall–Kier alpha value is 0.510. The minimum absolute atomic E-state index is 0.310. The number of rotatable bonds is 12. The third kappa shape index (κ3) is 14.7. The van der Waals surface area contributed by atoms with Crippen LogP contribution in [0, 0.1) is 5.92 Å². The van der Waals surface area contributed by atoms with E-state index < -0.39 is 0 Å². The van der Waals surface area contributed by atoms with Gasteiger partial charge >= 0.3 is 0 Å². The topological polar surface area (TPSA) is 30.5 Å². The maximum absolute atomic E-state index is 5.57. The molecule has 0 amide bonds. The van der Waals surface area contributed by atoms with Gasteiger partial charge in [0, 0.05) is 19.8 Å². The first-order chi connectivity index (χ1) is 9.06. The Morgan fingerprint density at radius 3 is 2.63 bits per heavy atom. The lowest BCUT2D eigenvalue weighted by molar-refractivity contribution is 0.106. The molecule has 0 aromatic carbocycles. The Balaban J connectivity index is 3.41. The summed E-state index contributed by atoms with van der Waals surface area (Å²) in [4.78, 5) is 0. The third-order valence-corrected chi connectivity index (χ3v) is 3.66. The van der Waals surface area contributed by atoms with Crippen LogP contribution in [0.25, 0.3) is 0 Å². The summed E-state index contributed by atoms with van der Waals surface area (Å²) in [7, 11) is 0. The van der Waals surface area contributed by atoms with E-state index in [2.05, 4.69) is 38.0 Å². The lowest BCUT2D eigenvalue weighted by Crippen LogP contribution is -2.29. The maximum atomic E-state index is 5.57. The minimum atomic E-state index is 0.310. The van der Waals surface area contributed by atoms with Gasteiger partial charge in [0.15, 0.2) is 0 Å². The SMILES string of the molecule is CSC(CCCCOCC(C)C)NCCOC(=S)S. The summed E-state index contributed by atoms with van der Waals surface area (Å²) in [6.07, 6.45) is 5.58. The van der Waals surface area contributed by atoms with E-state index in [1.165, 1.54) is 6.42 Å². The molecule has 0 saturated heterocycles. The second kappa shape index (κ2) is 13.5. The van der Waals surface area contributed by atoms with Crippen molar-refractivity contribution < 1.29 is 9.47 Å². The Morgan fingerprint density at radius 2 is 2.05 bits per heavy atom. The smallest absolute Gasteiger partial charge is 0.216 e. The second-order valence-corrected chi connectivity index (χ2v) is 6.88. The van der Waals surface area contributed by atoms with Crippen molar-refractivity contribution in [1.82, 2.24) is 5.32 Å². The third-order valence-electron chi connectivity index (χ3n) is 2.44. The maximum Gasteiger partial charge on any atom is 0.216 e. The molecule has 0 rings (SSSR count). The van der Waals surface area contributed by atoms with E-state index in [0.29, 0.717) is 22.3 Å². The highest BCUT2D eigenvalue weighted by Gasteiger charge is 2.05. The van der Waals surface area contributed by atoms with Gasteiger partial charge in [-0.1, -0.05) is 26.5 Å². The average Bonchev–Trinajstić information content (AvgIpc) is 2.35. The average molecular weight is 326 g/mol. The molecular formula is C13H27NO2S3. The molecule has 0 aliphatic carbocycles. The molecule has 1 atom stereocenters. The van der Waals surface area contributed by atoms with Crippen LogP contribution in [0.1, 0.15) is 33.1 Å². The molecule has 1 unspecified atom stereocenters. The van der Waals surface area contributed by atoms with Crippen molar-refractivity contribution in [1.29, 1.82) is 0 Å². The summed E-state index contributed by atoms with van der Waals surface area (Å²) in [6, 6.07) is 0. The van der Waals surface area contributed by atoms with Gasteiger partial charge in [0.05, 0.1) is 5.37 Å². The Kier molecular flexibility index (Phi) is 13.9. The van der Waals surface area contributed by atoms with Gasteiger partial charge in [-0.25, -0.2) is 0 Å². The number of ether oxygens (including phenoxy) is 2. The molecule has 19 heavy (non-hydrogen) atoms. The number of thiocarbonyl (C=S) groups is 1. The lowest BCUT2D eigenvalue weighted by Gasteiger charge is -2.16. The number of unbranched alkanes of at least 4 members (excludes halogenated alkanes) is 1. The Labute approximate surface area is 133 Å². The molecule has 0 aromatic heterocycles. The summed E-state index contributed by atoms with van der Waals surface area (Å²) in [5.74, 6) is 0.624. The van der Waals surface area contributed by atoms with Crippen LogP contribution in [-0.4, -0.2) is 42.4 Å². The van der Waals surface area contributed by atoms with Gasteiger partial charge in [-0.15, -0.1) is 11.8 Å². The highest BCUT2D eigenvalue weighted by molar-refractivity contribution is 8.10. The molecule has 0 spiro atoms. The zero-order valence-electron chi connectivity index (χ0n) is 12.2. The molecule has 0 radical (unpaired) electrons. The predicted molar refractivity (Wildman–Crippen MR) is 92.3 cm³/mol. The van der Waals surface area contributed by atoms with Gasteiger partial charge in [0.25, 0.3) is 0 Å². The van der Waals surface area contributed by atoms with Crippen molar-refractivity contribution >= 4 is 41.0 Å². The Morgan fingerprint density at radius 1 is 1.32 bits per heavy atom. The zero-order chi connectivity index (χ0) is 14.5. The minimum Gasteiger partial charge on any atom is -0.477 e. The summed E-state index contributed by atoms with van der Waals surface area (Å²) < 4.78 is 11.0. The van der Waals surface area contributed by atoms with E-state index in [0.717, 1.165) is 32.6 Å². The molecular weight excluding hydrogens is 298 g/mol. The van der Waals surface area contributed by atoms with Crippen molar-refractivity contribution in [2.75, 3.05) is 32.6 Å². The molecule has 0 bridgehead atoms. The van der Waals surface area contributed by atoms with Crippen LogP contribution in [0.5, 0.6) is 0 Å². The highest BCUT2D eigenvalue weighted by Crippen LogP contribution is 2.11. The number of hydrogen-bond donors (Lipinski definition) is 2. The number of hydrogen-bond acceptors (Lipinski definition) is 5. The van der Waals surface area contributed by atoms with Crippen LogP contribution in [0.3, 0.4) is 0 Å². The van der Waals surface area contributed by atoms with Crippen LogP contribution < -0.4 is 5.32 Å². The fourth-order valence-electron chi connectivity index (χ4n) is 1.51. The molecule has 6 heteroatoms. The van der Waals surface area contributed by atoms with Crippen LogP contribution in [0.15, 0.2) is 0 Å². The number of nitrogens with one attached hydrogen (secondary N) is 1. The first-order valence-corrected chi connectivity index (χ1v) is 8.90. The quantitative estimate of drug-likeness (QED) is 0.249. The van der Waals surface area contributed by atoms with Gasteiger partial charge < -0.3 is 14.8 Å². The molecule has 0 heterocycles. The van der Waals surface area contributed by atoms with E-state index in [4.69, 9.17) is 21.7 Å². The Bertz CT molecular complexity index is 228. The largest absolute Gasteiger partial charge is 0.477 e. The van der Waals surface area contributed by atoms with Crippen molar-refractivity contribution in [2.45, 2.75) is 38.5 Å². The molecule has 0 aliphatic rings. The fourth-order valence-corrected chi connectivity index (χ4v) is 2.38. The normalized spacial score (nSPS) is 12.7. The first-order valence-electron chi connectivity index (χ1n) is 6.76. The van der Waals surface area contributed by atoms with Gasteiger partial charge in [0.2, 0.25) is 4.38 Å². The number of thioether (sulfide) groups is 1. The van der Waals surface area contributed by atoms with Crippen LogP contribution in [0.4, 0.5) is 0 Å². The molecule has 0 saturated carbocycles. The van der Waals surface area contributed by atoms with E-state index in [9.17, 15) is 0 Å². The molecule has 3 nitrogen and oxygen atoms in total. The van der Waals surface area contributed by atoms with Crippen molar-refractivity contribution in [3.8, 4) is 0 Å². The predicted octanol–water partition coefficient (Wildman–Crippen LogP) is 3.34. The van der Waals surface area contributed by atoms with Gasteiger partial charge in [-0.3, -0.25) is 0 Å². The standard InChI is InChI=1S/C13H27NO2S3/c1-11(2)10-15-8-5-4-6-12(19-3)14-7-9-16-13(17)18/h11-12,14H,4-10H2,1-3H3,(H,17,18). The second-order valence-electron chi connectivity index (χ2n) is 4.76. The molecule has 114 valence electrons.